The minimum absolute atomic E-state index is 0.104. The maximum absolute atomic E-state index is 12.2. The maximum atomic E-state index is 12.2. The van der Waals surface area contributed by atoms with Crippen molar-refractivity contribution in [3.8, 4) is 0 Å². The van der Waals surface area contributed by atoms with Gasteiger partial charge in [-0.15, -0.1) is 0 Å². The zero-order valence-corrected chi connectivity index (χ0v) is 12.0. The fourth-order valence-electron chi connectivity index (χ4n) is 3.10. The number of methoxy groups -OCH3 is 1. The molecule has 1 atom stereocenters. The molecule has 2 heterocycles. The number of ether oxygens (including phenoxy) is 1. The Labute approximate surface area is 110 Å². The van der Waals surface area contributed by atoms with Crippen molar-refractivity contribution >= 4 is 10.0 Å². The third kappa shape index (κ3) is 3.23. The normalized spacial score (nSPS) is 30.7. The minimum atomic E-state index is -3.14. The second kappa shape index (κ2) is 5.86. The molecule has 2 fully saturated rings. The molecule has 0 amide bonds. The lowest BCUT2D eigenvalue weighted by Gasteiger charge is -2.44. The largest absolute Gasteiger partial charge is 0.384 e. The third-order valence-corrected chi connectivity index (χ3v) is 5.91. The predicted molar refractivity (Wildman–Crippen MR) is 71.0 cm³/mol. The monoisotopic (exact) mass is 276 g/mol. The second-order valence-electron chi connectivity index (χ2n) is 5.53. The summed E-state index contributed by atoms with van der Waals surface area (Å²) in [6, 6.07) is 0. The van der Waals surface area contributed by atoms with Crippen LogP contribution in [0.2, 0.25) is 0 Å². The summed E-state index contributed by atoms with van der Waals surface area (Å²) in [5, 5.41) is 3.41. The Balaban J connectivity index is 2.01. The SMILES string of the molecule is COCCS(=O)(=O)N1CCCC2(CCCNC2)C1. The quantitative estimate of drug-likeness (QED) is 0.809. The highest BCUT2D eigenvalue weighted by Crippen LogP contribution is 2.36. The van der Waals surface area contributed by atoms with Crippen LogP contribution in [-0.4, -0.2) is 58.4 Å². The van der Waals surface area contributed by atoms with Crippen LogP contribution in [0, 0.1) is 5.41 Å². The van der Waals surface area contributed by atoms with Crippen molar-refractivity contribution in [3.63, 3.8) is 0 Å². The minimum Gasteiger partial charge on any atom is -0.384 e. The molecule has 1 unspecified atom stereocenters. The lowest BCUT2D eigenvalue weighted by atomic mass is 9.75. The predicted octanol–water partition coefficient (Wildman–Crippen LogP) is 0.428. The van der Waals surface area contributed by atoms with Crippen molar-refractivity contribution in [2.24, 2.45) is 5.41 Å². The summed E-state index contributed by atoms with van der Waals surface area (Å²) in [5.41, 5.74) is 0.177. The van der Waals surface area contributed by atoms with Gasteiger partial charge in [0.05, 0.1) is 12.4 Å². The molecular formula is C12H24N2O3S. The van der Waals surface area contributed by atoms with Crippen LogP contribution in [0.1, 0.15) is 25.7 Å². The van der Waals surface area contributed by atoms with Crippen LogP contribution in [0.3, 0.4) is 0 Å². The van der Waals surface area contributed by atoms with E-state index in [-0.39, 0.29) is 17.8 Å². The molecule has 0 radical (unpaired) electrons. The Morgan fingerprint density at radius 1 is 1.33 bits per heavy atom. The third-order valence-electron chi connectivity index (χ3n) is 4.13. The van der Waals surface area contributed by atoms with Gasteiger partial charge in [0.25, 0.3) is 0 Å². The molecule has 2 aliphatic heterocycles. The smallest absolute Gasteiger partial charge is 0.216 e. The first-order valence-electron chi connectivity index (χ1n) is 6.76. The molecule has 2 aliphatic rings. The average Bonchev–Trinajstić information content (AvgIpc) is 2.37. The highest BCUT2D eigenvalue weighted by atomic mass is 32.2. The molecule has 0 aromatic rings. The first kappa shape index (κ1) is 14.2. The van der Waals surface area contributed by atoms with Gasteiger partial charge < -0.3 is 10.1 Å². The van der Waals surface area contributed by atoms with Crippen LogP contribution in [0.25, 0.3) is 0 Å². The number of sulfonamides is 1. The Morgan fingerprint density at radius 2 is 2.11 bits per heavy atom. The molecule has 1 N–H and O–H groups in total. The van der Waals surface area contributed by atoms with E-state index in [0.29, 0.717) is 13.1 Å². The number of hydrogen-bond donors (Lipinski definition) is 1. The first-order chi connectivity index (χ1) is 8.58. The molecule has 5 nitrogen and oxygen atoms in total. The fraction of sp³-hybridized carbons (Fsp3) is 1.00. The van der Waals surface area contributed by atoms with E-state index in [2.05, 4.69) is 5.32 Å². The summed E-state index contributed by atoms with van der Waals surface area (Å²) in [6.45, 7) is 3.67. The Hall–Kier alpha value is -0.170. The summed E-state index contributed by atoms with van der Waals surface area (Å²) < 4.78 is 31.0. The molecule has 2 saturated heterocycles. The van der Waals surface area contributed by atoms with Gasteiger partial charge in [0.15, 0.2) is 0 Å². The molecule has 1 spiro atoms. The summed E-state index contributed by atoms with van der Waals surface area (Å²) in [6.07, 6.45) is 4.44. The van der Waals surface area contributed by atoms with Crippen LogP contribution in [0.4, 0.5) is 0 Å². The Morgan fingerprint density at radius 3 is 2.78 bits per heavy atom. The summed E-state index contributed by atoms with van der Waals surface area (Å²) >= 11 is 0. The lowest BCUT2D eigenvalue weighted by Crippen LogP contribution is -2.53. The van der Waals surface area contributed by atoms with Crippen molar-refractivity contribution in [1.82, 2.24) is 9.62 Å². The molecule has 18 heavy (non-hydrogen) atoms. The Kier molecular flexibility index (Phi) is 4.64. The molecule has 0 aromatic heterocycles. The maximum Gasteiger partial charge on any atom is 0.216 e. The summed E-state index contributed by atoms with van der Waals surface area (Å²) in [7, 11) is -1.60. The van der Waals surface area contributed by atoms with Crippen molar-refractivity contribution < 1.29 is 13.2 Å². The van der Waals surface area contributed by atoms with Crippen molar-refractivity contribution in [3.05, 3.63) is 0 Å². The van der Waals surface area contributed by atoms with E-state index >= 15 is 0 Å². The van der Waals surface area contributed by atoms with Crippen LogP contribution in [0.5, 0.6) is 0 Å². The van der Waals surface area contributed by atoms with Gasteiger partial charge in [-0.1, -0.05) is 0 Å². The van der Waals surface area contributed by atoms with E-state index < -0.39 is 10.0 Å². The Bertz CT molecular complexity index is 358. The summed E-state index contributed by atoms with van der Waals surface area (Å²) in [4.78, 5) is 0. The molecule has 6 heteroatoms. The van der Waals surface area contributed by atoms with Crippen LogP contribution in [-0.2, 0) is 14.8 Å². The molecule has 106 valence electrons. The van der Waals surface area contributed by atoms with E-state index in [9.17, 15) is 8.42 Å². The van der Waals surface area contributed by atoms with Gasteiger partial charge in [-0.05, 0) is 37.6 Å². The van der Waals surface area contributed by atoms with Gasteiger partial charge in [0.2, 0.25) is 10.0 Å². The molecule has 0 bridgehead atoms. The van der Waals surface area contributed by atoms with Gasteiger partial charge in [-0.2, -0.15) is 0 Å². The standard InChI is InChI=1S/C12H24N2O3S/c1-17-8-9-18(15,16)14-7-3-5-12(11-14)4-2-6-13-10-12/h13H,2-11H2,1H3. The van der Waals surface area contributed by atoms with E-state index in [1.54, 1.807) is 4.31 Å². The van der Waals surface area contributed by atoms with E-state index in [1.807, 2.05) is 0 Å². The zero-order chi connectivity index (χ0) is 13.1. The molecular weight excluding hydrogens is 252 g/mol. The highest BCUT2D eigenvalue weighted by Gasteiger charge is 2.39. The van der Waals surface area contributed by atoms with Gasteiger partial charge in [0.1, 0.15) is 0 Å². The van der Waals surface area contributed by atoms with Gasteiger partial charge in [0, 0.05) is 26.7 Å². The molecule has 2 rings (SSSR count). The van der Waals surface area contributed by atoms with Crippen LogP contribution >= 0.6 is 0 Å². The fourth-order valence-corrected chi connectivity index (χ4v) is 4.61. The van der Waals surface area contributed by atoms with Gasteiger partial charge in [-0.3, -0.25) is 0 Å². The van der Waals surface area contributed by atoms with E-state index in [4.69, 9.17) is 4.74 Å². The first-order valence-corrected chi connectivity index (χ1v) is 8.36. The number of nitrogens with zero attached hydrogens (tertiary/aromatic N) is 1. The van der Waals surface area contributed by atoms with Crippen LogP contribution < -0.4 is 5.32 Å². The van der Waals surface area contributed by atoms with Crippen molar-refractivity contribution in [2.75, 3.05) is 45.6 Å². The molecule has 0 aliphatic carbocycles. The van der Waals surface area contributed by atoms with Gasteiger partial charge in [-0.25, -0.2) is 12.7 Å². The number of nitrogens with one attached hydrogen (secondary N) is 1. The van der Waals surface area contributed by atoms with Gasteiger partial charge >= 0.3 is 0 Å². The second-order valence-corrected chi connectivity index (χ2v) is 7.61. The summed E-state index contributed by atoms with van der Waals surface area (Å²) in [5.74, 6) is 0.104. The van der Waals surface area contributed by atoms with E-state index in [1.165, 1.54) is 7.11 Å². The topological polar surface area (TPSA) is 58.6 Å². The van der Waals surface area contributed by atoms with E-state index in [0.717, 1.165) is 38.8 Å². The number of rotatable bonds is 4. The number of hydrogen-bond acceptors (Lipinski definition) is 4. The average molecular weight is 276 g/mol. The van der Waals surface area contributed by atoms with Crippen molar-refractivity contribution in [1.29, 1.82) is 0 Å². The highest BCUT2D eigenvalue weighted by molar-refractivity contribution is 7.89. The van der Waals surface area contributed by atoms with Crippen molar-refractivity contribution in [2.45, 2.75) is 25.7 Å². The zero-order valence-electron chi connectivity index (χ0n) is 11.2. The molecule has 0 saturated carbocycles. The molecule has 0 aromatic carbocycles. The lowest BCUT2D eigenvalue weighted by molar-refractivity contribution is 0.109. The number of piperidine rings is 2. The van der Waals surface area contributed by atoms with Crippen LogP contribution in [0.15, 0.2) is 0 Å².